The van der Waals surface area contributed by atoms with Gasteiger partial charge in [0.05, 0.1) is 18.9 Å². The number of piperidine rings is 1. The molecule has 4 rings (SSSR count). The highest BCUT2D eigenvalue weighted by Crippen LogP contribution is 2.26. The molecule has 2 aliphatic heterocycles. The zero-order chi connectivity index (χ0) is 21.5. The molecular weight excluding hydrogens is 401 g/mol. The number of halogens is 1. The van der Waals surface area contributed by atoms with Gasteiger partial charge in [-0.05, 0) is 49.3 Å². The molecule has 2 saturated heterocycles. The van der Waals surface area contributed by atoms with Crippen molar-refractivity contribution in [2.75, 3.05) is 39.5 Å². The molecule has 1 atom stereocenters. The molecule has 0 aliphatic carbocycles. The van der Waals surface area contributed by atoms with Crippen LogP contribution in [0.4, 0.5) is 4.39 Å². The molecule has 31 heavy (non-hydrogen) atoms. The number of likely N-dealkylation sites (tertiary alicyclic amines) is 1. The lowest BCUT2D eigenvalue weighted by Gasteiger charge is -2.31. The summed E-state index contributed by atoms with van der Waals surface area (Å²) in [6.07, 6.45) is 4.72. The fourth-order valence-corrected chi connectivity index (χ4v) is 4.20. The number of benzene rings is 1. The Kier molecular flexibility index (Phi) is 7.64. The topological polar surface area (TPSA) is 77.7 Å². The quantitative estimate of drug-likeness (QED) is 0.598. The van der Waals surface area contributed by atoms with Gasteiger partial charge >= 0.3 is 0 Å². The number of rotatable bonds is 8. The van der Waals surface area contributed by atoms with Gasteiger partial charge in [-0.1, -0.05) is 17.3 Å². The van der Waals surface area contributed by atoms with Gasteiger partial charge in [0.15, 0.2) is 5.82 Å². The number of nitrogens with zero attached hydrogens (tertiary/aromatic N) is 3. The van der Waals surface area contributed by atoms with Crippen LogP contribution in [0.15, 0.2) is 28.8 Å². The van der Waals surface area contributed by atoms with Gasteiger partial charge in [-0.25, -0.2) is 4.39 Å². The van der Waals surface area contributed by atoms with Gasteiger partial charge in [-0.15, -0.1) is 0 Å². The molecule has 1 amide bonds. The average Bonchev–Trinajstić information content (AvgIpc) is 3.27. The van der Waals surface area contributed by atoms with E-state index in [9.17, 15) is 9.18 Å². The Morgan fingerprint density at radius 3 is 2.97 bits per heavy atom. The maximum atomic E-state index is 13.4. The van der Waals surface area contributed by atoms with Gasteiger partial charge in [0.1, 0.15) is 5.82 Å². The summed E-state index contributed by atoms with van der Waals surface area (Å²) in [5, 5.41) is 4.09. The summed E-state index contributed by atoms with van der Waals surface area (Å²) < 4.78 is 30.0. The molecule has 8 heteroatoms. The molecule has 0 spiro atoms. The number of carbonyl (C=O) groups is 1. The van der Waals surface area contributed by atoms with Crippen molar-refractivity contribution in [2.45, 2.75) is 44.4 Å². The first kappa shape index (κ1) is 21.9. The third kappa shape index (κ3) is 6.33. The number of carbonyl (C=O) groups excluding carboxylic acids is 1. The molecule has 0 saturated carbocycles. The molecule has 1 aromatic carbocycles. The van der Waals surface area contributed by atoms with Gasteiger partial charge in [0.2, 0.25) is 11.8 Å². The van der Waals surface area contributed by atoms with Crippen molar-refractivity contribution < 1.29 is 23.2 Å². The molecule has 7 nitrogen and oxygen atoms in total. The van der Waals surface area contributed by atoms with Crippen molar-refractivity contribution >= 4 is 5.91 Å². The number of aromatic nitrogens is 2. The second-order valence-corrected chi connectivity index (χ2v) is 8.42. The van der Waals surface area contributed by atoms with E-state index in [1.54, 1.807) is 12.1 Å². The maximum absolute atomic E-state index is 13.4. The van der Waals surface area contributed by atoms with Crippen molar-refractivity contribution in [2.24, 2.45) is 5.92 Å². The average molecular weight is 432 g/mol. The Bertz CT molecular complexity index is 853. The van der Waals surface area contributed by atoms with Gasteiger partial charge in [0, 0.05) is 39.3 Å². The molecular formula is C23H30FN3O4. The first-order chi connectivity index (χ1) is 15.2. The van der Waals surface area contributed by atoms with Crippen LogP contribution in [-0.2, 0) is 27.1 Å². The van der Waals surface area contributed by atoms with Crippen LogP contribution in [-0.4, -0.2) is 60.5 Å². The Balaban J connectivity index is 1.23. The minimum atomic E-state index is -0.322. The van der Waals surface area contributed by atoms with E-state index < -0.39 is 0 Å². The number of hydrogen-bond donors (Lipinski definition) is 0. The molecule has 0 bridgehead atoms. The molecule has 2 aromatic rings. The summed E-state index contributed by atoms with van der Waals surface area (Å²) in [4.78, 5) is 19.0. The van der Waals surface area contributed by atoms with Gasteiger partial charge < -0.3 is 18.9 Å². The summed E-state index contributed by atoms with van der Waals surface area (Å²) in [7, 11) is 0. The fourth-order valence-electron chi connectivity index (χ4n) is 4.20. The van der Waals surface area contributed by atoms with Crippen LogP contribution < -0.4 is 0 Å². The lowest BCUT2D eigenvalue weighted by molar-refractivity contribution is -0.131. The van der Waals surface area contributed by atoms with Crippen LogP contribution in [0.1, 0.15) is 48.9 Å². The number of ether oxygens (including phenoxy) is 2. The zero-order valence-electron chi connectivity index (χ0n) is 17.8. The predicted octanol–water partition coefficient (Wildman–Crippen LogP) is 3.14. The van der Waals surface area contributed by atoms with Crippen molar-refractivity contribution in [1.82, 2.24) is 15.0 Å². The highest BCUT2D eigenvalue weighted by Gasteiger charge is 2.28. The van der Waals surface area contributed by atoms with Crippen LogP contribution in [0, 0.1) is 11.7 Å². The molecule has 168 valence electrons. The van der Waals surface area contributed by atoms with E-state index in [0.717, 1.165) is 45.5 Å². The van der Waals surface area contributed by atoms with E-state index in [1.807, 2.05) is 4.90 Å². The third-order valence-electron chi connectivity index (χ3n) is 6.02. The minimum Gasteiger partial charge on any atom is -0.381 e. The van der Waals surface area contributed by atoms with E-state index in [2.05, 4.69) is 10.1 Å². The van der Waals surface area contributed by atoms with Crippen molar-refractivity contribution in [1.29, 1.82) is 0 Å². The second kappa shape index (κ2) is 10.8. The molecule has 1 unspecified atom stereocenters. The third-order valence-corrected chi connectivity index (χ3v) is 6.02. The molecule has 0 N–H and O–H groups in total. The van der Waals surface area contributed by atoms with Crippen LogP contribution in [0.25, 0.3) is 0 Å². The molecule has 2 aliphatic rings. The van der Waals surface area contributed by atoms with Crippen LogP contribution in [0.5, 0.6) is 0 Å². The van der Waals surface area contributed by atoms with Crippen LogP contribution in [0.2, 0.25) is 0 Å². The Morgan fingerprint density at radius 1 is 1.26 bits per heavy atom. The summed E-state index contributed by atoms with van der Waals surface area (Å²) in [5.41, 5.74) is 0.688. The molecule has 1 aromatic heterocycles. The summed E-state index contributed by atoms with van der Waals surface area (Å²) in [6, 6.07) is 6.20. The Morgan fingerprint density at radius 2 is 2.13 bits per heavy atom. The number of amides is 1. The SMILES string of the molecule is O=C(Cc1cccc(F)c1)N1CCCC(c2nc(CCOCC3CCOCC3)no2)C1. The van der Waals surface area contributed by atoms with Crippen molar-refractivity contribution in [3.8, 4) is 0 Å². The second-order valence-electron chi connectivity index (χ2n) is 8.42. The minimum absolute atomic E-state index is 0.00319. The Labute approximate surface area is 181 Å². The smallest absolute Gasteiger partial charge is 0.231 e. The fraction of sp³-hybridized carbons (Fsp3) is 0.609. The summed E-state index contributed by atoms with van der Waals surface area (Å²) in [6.45, 7) is 4.22. The highest BCUT2D eigenvalue weighted by molar-refractivity contribution is 5.79. The van der Waals surface area contributed by atoms with Gasteiger partial charge in [0.25, 0.3) is 0 Å². The van der Waals surface area contributed by atoms with Crippen molar-refractivity contribution in [3.05, 3.63) is 47.4 Å². The van der Waals surface area contributed by atoms with E-state index in [1.165, 1.54) is 12.1 Å². The van der Waals surface area contributed by atoms with E-state index in [0.29, 0.717) is 49.3 Å². The lowest BCUT2D eigenvalue weighted by Crippen LogP contribution is -2.40. The summed E-state index contributed by atoms with van der Waals surface area (Å²) in [5.74, 6) is 1.52. The standard InChI is InChI=1S/C23H30FN3O4/c24-20-5-1-3-18(13-20)14-22(28)27-9-2-4-19(15-27)23-25-21(26-31-23)8-12-30-16-17-6-10-29-11-7-17/h1,3,5,13,17,19H,2,4,6-12,14-16H2. The lowest BCUT2D eigenvalue weighted by atomic mass is 9.97. The first-order valence-electron chi connectivity index (χ1n) is 11.2. The molecule has 0 radical (unpaired) electrons. The predicted molar refractivity (Wildman–Crippen MR) is 111 cm³/mol. The Hall–Kier alpha value is -2.32. The normalized spacial score (nSPS) is 20.2. The van der Waals surface area contributed by atoms with Crippen LogP contribution >= 0.6 is 0 Å². The zero-order valence-corrected chi connectivity index (χ0v) is 17.8. The summed E-state index contributed by atoms with van der Waals surface area (Å²) >= 11 is 0. The van der Waals surface area contributed by atoms with E-state index >= 15 is 0 Å². The largest absolute Gasteiger partial charge is 0.381 e. The van der Waals surface area contributed by atoms with Crippen LogP contribution in [0.3, 0.4) is 0 Å². The van der Waals surface area contributed by atoms with E-state index in [-0.39, 0.29) is 24.1 Å². The molecule has 3 heterocycles. The van der Waals surface area contributed by atoms with E-state index in [4.69, 9.17) is 14.0 Å². The first-order valence-corrected chi connectivity index (χ1v) is 11.2. The van der Waals surface area contributed by atoms with Gasteiger partial charge in [-0.3, -0.25) is 4.79 Å². The molecule has 2 fully saturated rings. The highest BCUT2D eigenvalue weighted by atomic mass is 19.1. The maximum Gasteiger partial charge on any atom is 0.231 e. The van der Waals surface area contributed by atoms with Crippen molar-refractivity contribution in [3.63, 3.8) is 0 Å². The van der Waals surface area contributed by atoms with Gasteiger partial charge in [-0.2, -0.15) is 4.98 Å². The monoisotopic (exact) mass is 431 g/mol. The number of hydrogen-bond acceptors (Lipinski definition) is 6.